The van der Waals surface area contributed by atoms with Gasteiger partial charge in [-0.25, -0.2) is 0 Å². The number of nitro benzene ring substituents is 1. The molecule has 0 spiro atoms. The number of amidine groups is 1. The first-order chi connectivity index (χ1) is 8.18. The van der Waals surface area contributed by atoms with Crippen LogP contribution in [0.2, 0.25) is 5.02 Å². The van der Waals surface area contributed by atoms with Crippen LogP contribution in [-0.4, -0.2) is 30.4 Å². The molecule has 0 fully saturated rings. The number of hydrogen-bond donors (Lipinski definition) is 2. The van der Waals surface area contributed by atoms with Crippen molar-refractivity contribution < 1.29 is 4.92 Å². The topological polar surface area (TPSA) is 79.6 Å². The number of nitrogens with one attached hydrogen (secondary N) is 2. The summed E-state index contributed by atoms with van der Waals surface area (Å²) in [6.45, 7) is 2.08. The molecule has 6 nitrogen and oxygen atoms in total. The van der Waals surface area contributed by atoms with Crippen molar-refractivity contribution in [2.24, 2.45) is 4.99 Å². The lowest BCUT2D eigenvalue weighted by atomic mass is 10.2. The Kier molecular flexibility index (Phi) is 3.43. The number of anilines is 1. The van der Waals surface area contributed by atoms with Crippen LogP contribution in [-0.2, 0) is 0 Å². The molecule has 0 saturated carbocycles. The molecule has 0 bridgehead atoms. The molecule has 1 aromatic rings. The van der Waals surface area contributed by atoms with Crippen molar-refractivity contribution in [2.75, 3.05) is 25.0 Å². The predicted octanol–water partition coefficient (Wildman–Crippen LogP) is 1.66. The van der Waals surface area contributed by atoms with Gasteiger partial charge < -0.3 is 10.6 Å². The highest BCUT2D eigenvalue weighted by Crippen LogP contribution is 2.31. The monoisotopic (exact) mass is 254 g/mol. The molecule has 0 radical (unpaired) electrons. The van der Waals surface area contributed by atoms with Gasteiger partial charge >= 0.3 is 0 Å². The van der Waals surface area contributed by atoms with Crippen LogP contribution in [0.4, 0.5) is 11.4 Å². The van der Waals surface area contributed by atoms with Crippen molar-refractivity contribution in [3.63, 3.8) is 0 Å². The van der Waals surface area contributed by atoms with Gasteiger partial charge in [-0.05, 0) is 6.07 Å². The Morgan fingerprint density at radius 3 is 3.06 bits per heavy atom. The number of nitro groups is 1. The number of rotatable bonds is 4. The summed E-state index contributed by atoms with van der Waals surface area (Å²) in [5.41, 5.74) is 0.440. The molecular formula is C10H11ClN4O2. The maximum Gasteiger partial charge on any atom is 0.289 e. The van der Waals surface area contributed by atoms with E-state index in [1.165, 1.54) is 6.07 Å². The van der Waals surface area contributed by atoms with E-state index in [0.717, 1.165) is 18.9 Å². The molecule has 1 aliphatic rings. The van der Waals surface area contributed by atoms with Crippen LogP contribution < -0.4 is 10.6 Å². The highest BCUT2D eigenvalue weighted by molar-refractivity contribution is 6.35. The largest absolute Gasteiger partial charge is 0.376 e. The standard InChI is InChI=1S/C10H11ClN4O2/c11-10-7(2-1-3-8(10)15(16)17)14-6-9-12-4-5-13-9/h1-3,14H,4-6H2,(H,12,13). The highest BCUT2D eigenvalue weighted by atomic mass is 35.5. The number of hydrogen-bond acceptors (Lipinski definition) is 5. The zero-order valence-corrected chi connectivity index (χ0v) is 9.70. The van der Waals surface area contributed by atoms with Gasteiger partial charge in [-0.2, -0.15) is 0 Å². The second-order valence-electron chi connectivity index (χ2n) is 3.50. The third-order valence-corrected chi connectivity index (χ3v) is 2.76. The van der Waals surface area contributed by atoms with E-state index in [1.54, 1.807) is 12.1 Å². The molecule has 2 N–H and O–H groups in total. The molecule has 1 aliphatic heterocycles. The van der Waals surface area contributed by atoms with Crippen LogP contribution in [0.5, 0.6) is 0 Å². The first-order valence-corrected chi connectivity index (χ1v) is 5.50. The smallest absolute Gasteiger partial charge is 0.289 e. The van der Waals surface area contributed by atoms with E-state index >= 15 is 0 Å². The van der Waals surface area contributed by atoms with E-state index in [2.05, 4.69) is 15.6 Å². The van der Waals surface area contributed by atoms with E-state index in [4.69, 9.17) is 11.6 Å². The predicted molar refractivity (Wildman–Crippen MR) is 66.9 cm³/mol. The molecule has 0 unspecified atom stereocenters. The molecule has 0 aliphatic carbocycles. The summed E-state index contributed by atoms with van der Waals surface area (Å²) in [4.78, 5) is 14.4. The van der Waals surface area contributed by atoms with E-state index in [-0.39, 0.29) is 10.7 Å². The van der Waals surface area contributed by atoms with Crippen LogP contribution >= 0.6 is 11.6 Å². The third-order valence-electron chi connectivity index (χ3n) is 2.36. The summed E-state index contributed by atoms with van der Waals surface area (Å²) in [7, 11) is 0. The van der Waals surface area contributed by atoms with Crippen molar-refractivity contribution in [1.29, 1.82) is 0 Å². The minimum atomic E-state index is -0.501. The quantitative estimate of drug-likeness (QED) is 0.633. The van der Waals surface area contributed by atoms with Gasteiger partial charge in [-0.1, -0.05) is 17.7 Å². The second kappa shape index (κ2) is 5.01. The molecule has 2 rings (SSSR count). The number of halogens is 1. The fraction of sp³-hybridized carbons (Fsp3) is 0.300. The minimum absolute atomic E-state index is 0.0991. The van der Waals surface area contributed by atoms with Crippen molar-refractivity contribution in [3.05, 3.63) is 33.3 Å². The van der Waals surface area contributed by atoms with Gasteiger partial charge in [0.2, 0.25) is 0 Å². The van der Waals surface area contributed by atoms with Crippen molar-refractivity contribution in [2.45, 2.75) is 0 Å². The molecule has 90 valence electrons. The fourth-order valence-electron chi connectivity index (χ4n) is 1.54. The Bertz CT molecular complexity index is 475. The maximum absolute atomic E-state index is 10.7. The van der Waals surface area contributed by atoms with Crippen LogP contribution in [0, 0.1) is 10.1 Å². The summed E-state index contributed by atoms with van der Waals surface area (Å²) < 4.78 is 0. The summed E-state index contributed by atoms with van der Waals surface area (Å²) in [5.74, 6) is 0.840. The lowest BCUT2D eigenvalue weighted by molar-refractivity contribution is -0.384. The van der Waals surface area contributed by atoms with Crippen LogP contribution in [0.3, 0.4) is 0 Å². The average molecular weight is 255 g/mol. The van der Waals surface area contributed by atoms with Crippen molar-refractivity contribution >= 4 is 28.8 Å². The van der Waals surface area contributed by atoms with Crippen molar-refractivity contribution in [1.82, 2.24) is 5.32 Å². The van der Waals surface area contributed by atoms with Gasteiger partial charge in [0.1, 0.15) is 10.9 Å². The van der Waals surface area contributed by atoms with Crippen molar-refractivity contribution in [3.8, 4) is 0 Å². The SMILES string of the molecule is O=[N+]([O-])c1cccc(NCC2=NCCN2)c1Cl. The normalized spacial score (nSPS) is 14.1. The molecule has 0 amide bonds. The van der Waals surface area contributed by atoms with Gasteiger partial charge in [0.25, 0.3) is 5.69 Å². The molecule has 0 aromatic heterocycles. The van der Waals surface area contributed by atoms with E-state index in [9.17, 15) is 10.1 Å². The lowest BCUT2D eigenvalue weighted by Crippen LogP contribution is -2.26. The molecule has 1 aromatic carbocycles. The Morgan fingerprint density at radius 2 is 2.41 bits per heavy atom. The van der Waals surface area contributed by atoms with Gasteiger partial charge in [-0.3, -0.25) is 15.1 Å². The summed E-state index contributed by atoms with van der Waals surface area (Å²) >= 11 is 5.92. The lowest BCUT2D eigenvalue weighted by Gasteiger charge is -2.08. The summed E-state index contributed by atoms with van der Waals surface area (Å²) in [6, 6.07) is 4.67. The summed E-state index contributed by atoms with van der Waals surface area (Å²) in [6.07, 6.45) is 0. The van der Waals surface area contributed by atoms with E-state index in [0.29, 0.717) is 12.2 Å². The fourth-order valence-corrected chi connectivity index (χ4v) is 1.80. The van der Waals surface area contributed by atoms with Gasteiger partial charge in [0, 0.05) is 12.6 Å². The van der Waals surface area contributed by atoms with E-state index < -0.39 is 4.92 Å². The van der Waals surface area contributed by atoms with Crippen LogP contribution in [0.15, 0.2) is 23.2 Å². The van der Waals surface area contributed by atoms with Gasteiger partial charge in [-0.15, -0.1) is 0 Å². The van der Waals surface area contributed by atoms with Gasteiger partial charge in [0.05, 0.1) is 23.7 Å². The zero-order chi connectivity index (χ0) is 12.3. The van der Waals surface area contributed by atoms with Crippen LogP contribution in [0.1, 0.15) is 0 Å². The first-order valence-electron chi connectivity index (χ1n) is 5.12. The van der Waals surface area contributed by atoms with Gasteiger partial charge in [0.15, 0.2) is 0 Å². The number of aliphatic imine (C=N–C) groups is 1. The van der Waals surface area contributed by atoms with Crippen LogP contribution in [0.25, 0.3) is 0 Å². The van der Waals surface area contributed by atoms with E-state index in [1.807, 2.05) is 0 Å². The molecule has 17 heavy (non-hydrogen) atoms. The Hall–Kier alpha value is -1.82. The molecule has 0 saturated heterocycles. The zero-order valence-electron chi connectivity index (χ0n) is 8.94. The average Bonchev–Trinajstić information content (AvgIpc) is 2.80. The first kappa shape index (κ1) is 11.7. The molecule has 7 heteroatoms. The third kappa shape index (κ3) is 2.65. The number of benzene rings is 1. The summed E-state index contributed by atoms with van der Waals surface area (Å²) in [5, 5.41) is 16.9. The minimum Gasteiger partial charge on any atom is -0.376 e. The Morgan fingerprint density at radius 1 is 1.59 bits per heavy atom. The Labute approximate surface area is 103 Å². The second-order valence-corrected chi connectivity index (χ2v) is 3.88. The highest BCUT2D eigenvalue weighted by Gasteiger charge is 2.15. The number of nitrogens with zero attached hydrogens (tertiary/aromatic N) is 2. The Balaban J connectivity index is 2.10. The molecule has 1 heterocycles. The molecular weight excluding hydrogens is 244 g/mol. The molecule has 0 atom stereocenters. The maximum atomic E-state index is 10.7.